The maximum atomic E-state index is 14.3. The molecule has 2 aliphatic rings. The largest absolute Gasteiger partial charge is 0.425 e. The van der Waals surface area contributed by atoms with Crippen molar-refractivity contribution in [1.29, 1.82) is 0 Å². The molecule has 4 atom stereocenters. The zero-order valence-corrected chi connectivity index (χ0v) is 14.5. The summed E-state index contributed by atoms with van der Waals surface area (Å²) in [6.45, 7) is -1.37. The third-order valence-electron chi connectivity index (χ3n) is 5.13. The van der Waals surface area contributed by atoms with Crippen LogP contribution in [0.4, 0.5) is 52.7 Å². The SMILES string of the molecule is FC(N1CCC(C(F)(F)F)CC1)C(F)(F)C1CCC(C(F)(F)C(F)C(F)(F)F)O1. The number of rotatable bonds is 5. The first-order valence-electron chi connectivity index (χ1n) is 8.55. The van der Waals surface area contributed by atoms with E-state index in [0.29, 0.717) is 4.90 Å². The van der Waals surface area contributed by atoms with E-state index in [2.05, 4.69) is 4.74 Å². The monoisotopic (exact) mass is 455 g/mol. The molecule has 172 valence electrons. The molecule has 2 fully saturated rings. The molecule has 0 aromatic rings. The van der Waals surface area contributed by atoms with E-state index in [1.807, 2.05) is 0 Å². The van der Waals surface area contributed by atoms with Crippen molar-refractivity contribution in [3.63, 3.8) is 0 Å². The van der Waals surface area contributed by atoms with Crippen LogP contribution in [0.15, 0.2) is 0 Å². The van der Waals surface area contributed by atoms with Crippen LogP contribution in [-0.4, -0.2) is 66.9 Å². The number of hydrogen-bond acceptors (Lipinski definition) is 2. The fraction of sp³-hybridized carbons (Fsp3) is 1.00. The Balaban J connectivity index is 2.01. The highest BCUT2D eigenvalue weighted by molar-refractivity contribution is 4.98. The van der Waals surface area contributed by atoms with Gasteiger partial charge in [-0.1, -0.05) is 0 Å². The van der Waals surface area contributed by atoms with Crippen molar-refractivity contribution in [2.45, 2.75) is 74.6 Å². The summed E-state index contributed by atoms with van der Waals surface area (Å²) in [5, 5.41) is 0. The third-order valence-corrected chi connectivity index (χ3v) is 5.13. The molecule has 0 amide bonds. The lowest BCUT2D eigenvalue weighted by Gasteiger charge is -2.38. The Bertz CT molecular complexity index is 554. The Morgan fingerprint density at radius 1 is 0.690 bits per heavy atom. The van der Waals surface area contributed by atoms with Crippen LogP contribution in [0.1, 0.15) is 25.7 Å². The molecular weight excluding hydrogens is 438 g/mol. The first-order chi connectivity index (χ1) is 13.0. The molecule has 0 aliphatic carbocycles. The van der Waals surface area contributed by atoms with Gasteiger partial charge in [0.1, 0.15) is 12.2 Å². The summed E-state index contributed by atoms with van der Waals surface area (Å²) in [6.07, 6.45) is -27.2. The van der Waals surface area contributed by atoms with Crippen molar-refractivity contribution < 1.29 is 57.4 Å². The average Bonchev–Trinajstić information content (AvgIpc) is 3.10. The summed E-state index contributed by atoms with van der Waals surface area (Å²) >= 11 is 0. The van der Waals surface area contributed by atoms with Gasteiger partial charge in [0.15, 0.2) is 0 Å². The van der Waals surface area contributed by atoms with Crippen LogP contribution in [0.3, 0.4) is 0 Å². The highest BCUT2D eigenvalue weighted by atomic mass is 19.4. The van der Waals surface area contributed by atoms with Crippen LogP contribution in [-0.2, 0) is 4.74 Å². The van der Waals surface area contributed by atoms with Gasteiger partial charge >= 0.3 is 24.2 Å². The summed E-state index contributed by atoms with van der Waals surface area (Å²) in [6, 6.07) is 0. The lowest BCUT2D eigenvalue weighted by atomic mass is 9.95. The molecular formula is C15H17F12NO. The molecule has 0 aromatic carbocycles. The number of likely N-dealkylation sites (tertiary alicyclic amines) is 1. The molecule has 2 aliphatic heterocycles. The fourth-order valence-corrected chi connectivity index (χ4v) is 3.44. The number of nitrogens with zero attached hydrogens (tertiary/aromatic N) is 1. The normalized spacial score (nSPS) is 28.6. The summed E-state index contributed by atoms with van der Waals surface area (Å²) < 4.78 is 162. The lowest BCUT2D eigenvalue weighted by Crippen LogP contribution is -2.55. The Kier molecular flexibility index (Phi) is 6.69. The van der Waals surface area contributed by atoms with Crippen molar-refractivity contribution >= 4 is 0 Å². The number of piperidine rings is 1. The second kappa shape index (κ2) is 7.97. The highest BCUT2D eigenvalue weighted by Gasteiger charge is 2.65. The van der Waals surface area contributed by atoms with Crippen molar-refractivity contribution in [2.24, 2.45) is 5.92 Å². The molecule has 29 heavy (non-hydrogen) atoms. The summed E-state index contributed by atoms with van der Waals surface area (Å²) in [7, 11) is 0. The maximum absolute atomic E-state index is 14.3. The topological polar surface area (TPSA) is 12.5 Å². The smallest absolute Gasteiger partial charge is 0.362 e. The van der Waals surface area contributed by atoms with Gasteiger partial charge in [-0.05, 0) is 25.7 Å². The molecule has 0 saturated carbocycles. The van der Waals surface area contributed by atoms with Crippen molar-refractivity contribution in [1.82, 2.24) is 4.90 Å². The van der Waals surface area contributed by atoms with E-state index < -0.39 is 93.6 Å². The highest BCUT2D eigenvalue weighted by Crippen LogP contribution is 2.46. The van der Waals surface area contributed by atoms with E-state index in [-0.39, 0.29) is 0 Å². The van der Waals surface area contributed by atoms with E-state index in [1.54, 1.807) is 0 Å². The third kappa shape index (κ3) is 5.05. The van der Waals surface area contributed by atoms with Gasteiger partial charge in [-0.25, -0.2) is 17.6 Å². The minimum Gasteiger partial charge on any atom is -0.362 e. The molecule has 0 aromatic heterocycles. The van der Waals surface area contributed by atoms with Crippen molar-refractivity contribution in [3.05, 3.63) is 0 Å². The van der Waals surface area contributed by atoms with Gasteiger partial charge in [0.05, 0.1) is 5.92 Å². The predicted molar refractivity (Wildman–Crippen MR) is 74.0 cm³/mol. The van der Waals surface area contributed by atoms with Gasteiger partial charge in [0.25, 0.3) is 6.17 Å². The minimum atomic E-state index is -5.96. The number of ether oxygens (including phenoxy) is 1. The molecule has 2 nitrogen and oxygen atoms in total. The zero-order chi connectivity index (χ0) is 22.4. The second-order valence-corrected chi connectivity index (χ2v) is 7.13. The molecule has 14 heteroatoms. The van der Waals surface area contributed by atoms with Crippen LogP contribution >= 0.6 is 0 Å². The van der Waals surface area contributed by atoms with Crippen molar-refractivity contribution in [3.8, 4) is 0 Å². The van der Waals surface area contributed by atoms with Gasteiger partial charge in [-0.3, -0.25) is 4.90 Å². The first-order valence-corrected chi connectivity index (χ1v) is 8.55. The molecule has 0 radical (unpaired) electrons. The van der Waals surface area contributed by atoms with Crippen LogP contribution in [0.5, 0.6) is 0 Å². The molecule has 0 bridgehead atoms. The van der Waals surface area contributed by atoms with Crippen LogP contribution in [0.2, 0.25) is 0 Å². The zero-order valence-electron chi connectivity index (χ0n) is 14.5. The standard InChI is InChI=1S/C15H17F12NO/c16-10(15(25,26)27)12(18,19)8-1-2-9(29-8)13(20,21)11(17)28-5-3-7(4-6-28)14(22,23)24/h7-11H,1-6H2. The fourth-order valence-electron chi connectivity index (χ4n) is 3.44. The predicted octanol–water partition coefficient (Wildman–Crippen LogP) is 5.27. The van der Waals surface area contributed by atoms with E-state index >= 15 is 0 Å². The molecule has 2 rings (SSSR count). The van der Waals surface area contributed by atoms with E-state index in [4.69, 9.17) is 0 Å². The summed E-state index contributed by atoms with van der Waals surface area (Å²) in [4.78, 5) is 0.394. The number of alkyl halides is 12. The molecule has 0 N–H and O–H groups in total. The summed E-state index contributed by atoms with van der Waals surface area (Å²) in [5.41, 5.74) is 0. The van der Waals surface area contributed by atoms with Crippen LogP contribution in [0.25, 0.3) is 0 Å². The minimum absolute atomic E-state index is 0.394. The number of hydrogen-bond donors (Lipinski definition) is 0. The average molecular weight is 455 g/mol. The Morgan fingerprint density at radius 3 is 1.55 bits per heavy atom. The Hall–Kier alpha value is -0.920. The Labute approximate surface area is 157 Å². The molecule has 4 unspecified atom stereocenters. The molecule has 2 heterocycles. The maximum Gasteiger partial charge on any atom is 0.425 e. The van der Waals surface area contributed by atoms with Gasteiger partial charge in [0.2, 0.25) is 6.30 Å². The van der Waals surface area contributed by atoms with Crippen LogP contribution < -0.4 is 0 Å². The first kappa shape index (κ1) is 24.4. The second-order valence-electron chi connectivity index (χ2n) is 7.13. The van der Waals surface area contributed by atoms with Gasteiger partial charge in [-0.15, -0.1) is 0 Å². The van der Waals surface area contributed by atoms with E-state index in [1.165, 1.54) is 0 Å². The quantitative estimate of drug-likeness (QED) is 0.414. The van der Waals surface area contributed by atoms with Crippen LogP contribution in [0, 0.1) is 5.92 Å². The van der Waals surface area contributed by atoms with Gasteiger partial charge < -0.3 is 4.74 Å². The Morgan fingerprint density at radius 2 is 1.14 bits per heavy atom. The molecule has 0 spiro atoms. The van der Waals surface area contributed by atoms with E-state index in [9.17, 15) is 52.7 Å². The number of halogens is 12. The van der Waals surface area contributed by atoms with E-state index in [0.717, 1.165) is 0 Å². The lowest BCUT2D eigenvalue weighted by molar-refractivity contribution is -0.282. The summed E-state index contributed by atoms with van der Waals surface area (Å²) in [5.74, 6) is -11.5. The van der Waals surface area contributed by atoms with Crippen molar-refractivity contribution in [2.75, 3.05) is 13.1 Å². The molecule has 2 saturated heterocycles. The van der Waals surface area contributed by atoms with Gasteiger partial charge in [0, 0.05) is 13.1 Å². The van der Waals surface area contributed by atoms with Gasteiger partial charge in [-0.2, -0.15) is 35.1 Å².